The van der Waals surface area contributed by atoms with E-state index in [1.54, 1.807) is 0 Å². The SMILES string of the molecule is Cc1cc(-c2noc(CN3CCNC[C@@H]3C)n2)cc2c1C(=O)N(Cc1ccc(Cl)cc1)C2. The Kier molecular flexibility index (Phi) is 5.71. The van der Waals surface area contributed by atoms with Crippen molar-refractivity contribution in [2.75, 3.05) is 19.6 Å². The van der Waals surface area contributed by atoms with Crippen molar-refractivity contribution in [3.63, 3.8) is 0 Å². The van der Waals surface area contributed by atoms with E-state index in [0.717, 1.165) is 47.5 Å². The van der Waals surface area contributed by atoms with Crippen molar-refractivity contribution in [1.29, 1.82) is 0 Å². The van der Waals surface area contributed by atoms with Crippen molar-refractivity contribution in [3.05, 3.63) is 69.6 Å². The number of amides is 1. The van der Waals surface area contributed by atoms with Gasteiger partial charge in [0, 0.05) is 54.9 Å². The maximum absolute atomic E-state index is 13.0. The van der Waals surface area contributed by atoms with Gasteiger partial charge in [0.2, 0.25) is 11.7 Å². The number of rotatable bonds is 5. The van der Waals surface area contributed by atoms with E-state index >= 15 is 0 Å². The van der Waals surface area contributed by atoms with Crippen molar-refractivity contribution in [2.45, 2.75) is 39.5 Å². The molecule has 1 amide bonds. The fourth-order valence-electron chi connectivity index (χ4n) is 4.52. The van der Waals surface area contributed by atoms with Gasteiger partial charge in [-0.1, -0.05) is 28.9 Å². The molecule has 1 fully saturated rings. The molecule has 0 bridgehead atoms. The fraction of sp³-hybridized carbons (Fsp3) is 0.375. The Bertz CT molecular complexity index is 1140. The summed E-state index contributed by atoms with van der Waals surface area (Å²) in [6, 6.07) is 12.0. The summed E-state index contributed by atoms with van der Waals surface area (Å²) < 4.78 is 5.55. The van der Waals surface area contributed by atoms with Gasteiger partial charge in [-0.25, -0.2) is 0 Å². The second kappa shape index (κ2) is 8.65. The highest BCUT2D eigenvalue weighted by Crippen LogP contribution is 2.31. The fourth-order valence-corrected chi connectivity index (χ4v) is 4.65. The monoisotopic (exact) mass is 451 g/mol. The molecule has 8 heteroatoms. The molecule has 166 valence electrons. The van der Waals surface area contributed by atoms with Crippen LogP contribution in [0.3, 0.4) is 0 Å². The molecular formula is C24H26ClN5O2. The summed E-state index contributed by atoms with van der Waals surface area (Å²) in [6.07, 6.45) is 0. The predicted molar refractivity (Wildman–Crippen MR) is 122 cm³/mol. The van der Waals surface area contributed by atoms with E-state index < -0.39 is 0 Å². The molecule has 7 nitrogen and oxygen atoms in total. The zero-order valence-electron chi connectivity index (χ0n) is 18.3. The smallest absolute Gasteiger partial charge is 0.255 e. The van der Waals surface area contributed by atoms with Gasteiger partial charge < -0.3 is 14.7 Å². The van der Waals surface area contributed by atoms with Crippen LogP contribution in [0.15, 0.2) is 40.9 Å². The minimum absolute atomic E-state index is 0.0560. The average molecular weight is 452 g/mol. The summed E-state index contributed by atoms with van der Waals surface area (Å²) in [5, 5.41) is 8.30. The van der Waals surface area contributed by atoms with Crippen LogP contribution in [0.5, 0.6) is 0 Å². The van der Waals surface area contributed by atoms with Gasteiger partial charge in [-0.05, 0) is 54.8 Å². The molecule has 0 aliphatic carbocycles. The number of carbonyl (C=O) groups excluding carboxylic acids is 1. The first kappa shape index (κ1) is 21.1. The van der Waals surface area contributed by atoms with Gasteiger partial charge in [0.15, 0.2) is 0 Å². The lowest BCUT2D eigenvalue weighted by Gasteiger charge is -2.32. The molecule has 3 aromatic rings. The number of hydrogen-bond donors (Lipinski definition) is 1. The quantitative estimate of drug-likeness (QED) is 0.638. The summed E-state index contributed by atoms with van der Waals surface area (Å²) in [4.78, 5) is 21.9. The third kappa shape index (κ3) is 4.16. The Labute approximate surface area is 192 Å². The van der Waals surface area contributed by atoms with Crippen LogP contribution in [0.4, 0.5) is 0 Å². The highest BCUT2D eigenvalue weighted by atomic mass is 35.5. The first-order chi connectivity index (χ1) is 15.5. The van der Waals surface area contributed by atoms with Crippen LogP contribution in [0.2, 0.25) is 5.02 Å². The van der Waals surface area contributed by atoms with Crippen LogP contribution >= 0.6 is 11.6 Å². The number of nitrogens with zero attached hydrogens (tertiary/aromatic N) is 4. The lowest BCUT2D eigenvalue weighted by molar-refractivity contribution is 0.0766. The molecule has 1 N–H and O–H groups in total. The van der Waals surface area contributed by atoms with Crippen LogP contribution in [0, 0.1) is 6.92 Å². The number of aryl methyl sites for hydroxylation is 1. The molecule has 32 heavy (non-hydrogen) atoms. The lowest BCUT2D eigenvalue weighted by Crippen LogP contribution is -2.49. The van der Waals surface area contributed by atoms with Crippen molar-refractivity contribution in [2.24, 2.45) is 0 Å². The van der Waals surface area contributed by atoms with Crippen LogP contribution in [0.25, 0.3) is 11.4 Å². The highest BCUT2D eigenvalue weighted by Gasteiger charge is 2.30. The van der Waals surface area contributed by atoms with Crippen LogP contribution < -0.4 is 5.32 Å². The Morgan fingerprint density at radius 1 is 1.22 bits per heavy atom. The maximum atomic E-state index is 13.0. The van der Waals surface area contributed by atoms with Crippen molar-refractivity contribution in [3.8, 4) is 11.4 Å². The molecule has 0 saturated carbocycles. The largest absolute Gasteiger partial charge is 0.338 e. The van der Waals surface area contributed by atoms with Crippen molar-refractivity contribution in [1.82, 2.24) is 25.3 Å². The van der Waals surface area contributed by atoms with Gasteiger partial charge >= 0.3 is 0 Å². The minimum Gasteiger partial charge on any atom is -0.338 e. The maximum Gasteiger partial charge on any atom is 0.255 e. The van der Waals surface area contributed by atoms with Crippen molar-refractivity contribution >= 4 is 17.5 Å². The zero-order chi connectivity index (χ0) is 22.2. The number of aromatic nitrogens is 2. The summed E-state index contributed by atoms with van der Waals surface area (Å²) in [7, 11) is 0. The summed E-state index contributed by atoms with van der Waals surface area (Å²) in [5.41, 5.74) is 4.65. The average Bonchev–Trinajstić information content (AvgIpc) is 3.36. The Hall–Kier alpha value is -2.74. The van der Waals surface area contributed by atoms with E-state index in [4.69, 9.17) is 16.1 Å². The van der Waals surface area contributed by atoms with E-state index in [0.29, 0.717) is 42.4 Å². The topological polar surface area (TPSA) is 74.5 Å². The number of nitrogens with one attached hydrogen (secondary N) is 1. The highest BCUT2D eigenvalue weighted by molar-refractivity contribution is 6.30. The summed E-state index contributed by atoms with van der Waals surface area (Å²) in [5.74, 6) is 1.24. The molecule has 2 aliphatic rings. The zero-order valence-corrected chi connectivity index (χ0v) is 19.0. The van der Waals surface area contributed by atoms with E-state index in [-0.39, 0.29) is 5.91 Å². The third-order valence-corrected chi connectivity index (χ3v) is 6.52. The lowest BCUT2D eigenvalue weighted by atomic mass is 10.00. The summed E-state index contributed by atoms with van der Waals surface area (Å²) in [6.45, 7) is 8.82. The molecule has 0 unspecified atom stereocenters. The molecule has 1 saturated heterocycles. The Balaban J connectivity index is 1.34. The second-order valence-electron chi connectivity index (χ2n) is 8.65. The van der Waals surface area contributed by atoms with E-state index in [2.05, 4.69) is 27.3 Å². The molecule has 1 aromatic heterocycles. The minimum atomic E-state index is 0.0560. The molecular weight excluding hydrogens is 426 g/mol. The van der Waals surface area contributed by atoms with Gasteiger partial charge in [0.05, 0.1) is 6.54 Å². The number of fused-ring (bicyclic) bond motifs is 1. The number of benzene rings is 2. The molecule has 2 aromatic carbocycles. The van der Waals surface area contributed by atoms with Gasteiger partial charge in [0.1, 0.15) is 0 Å². The molecule has 5 rings (SSSR count). The van der Waals surface area contributed by atoms with Gasteiger partial charge in [0.25, 0.3) is 5.91 Å². The first-order valence-corrected chi connectivity index (χ1v) is 11.3. The number of carbonyl (C=O) groups is 1. The normalized spacial score (nSPS) is 18.9. The predicted octanol–water partition coefficient (Wildman–Crippen LogP) is 3.65. The van der Waals surface area contributed by atoms with Crippen LogP contribution in [-0.4, -0.2) is 51.5 Å². The molecule has 2 aliphatic heterocycles. The number of hydrogen-bond acceptors (Lipinski definition) is 6. The van der Waals surface area contributed by atoms with Gasteiger partial charge in [-0.2, -0.15) is 4.98 Å². The van der Waals surface area contributed by atoms with Crippen LogP contribution in [-0.2, 0) is 19.6 Å². The molecule has 0 spiro atoms. The van der Waals surface area contributed by atoms with Crippen LogP contribution in [0.1, 0.15) is 39.9 Å². The Morgan fingerprint density at radius 3 is 2.81 bits per heavy atom. The van der Waals surface area contributed by atoms with E-state index in [1.807, 2.05) is 48.2 Å². The number of halogens is 1. The summed E-state index contributed by atoms with van der Waals surface area (Å²) >= 11 is 5.98. The Morgan fingerprint density at radius 2 is 2.03 bits per heavy atom. The molecule has 0 radical (unpaired) electrons. The van der Waals surface area contributed by atoms with Gasteiger partial charge in [-0.15, -0.1) is 0 Å². The standard InChI is InChI=1S/C24H26ClN5O2/c1-15-9-18(23-27-21(32-28-23)14-29-8-7-26-11-16(29)2)10-19-13-30(24(31)22(15)19)12-17-3-5-20(25)6-4-17/h3-6,9-10,16,26H,7-8,11-14H2,1-2H3/t16-/m0/s1. The number of piperazine rings is 1. The van der Waals surface area contributed by atoms with E-state index in [9.17, 15) is 4.79 Å². The van der Waals surface area contributed by atoms with Gasteiger partial charge in [-0.3, -0.25) is 9.69 Å². The third-order valence-electron chi connectivity index (χ3n) is 6.27. The second-order valence-corrected chi connectivity index (χ2v) is 9.09. The molecule has 3 heterocycles. The van der Waals surface area contributed by atoms with E-state index in [1.165, 1.54) is 0 Å². The van der Waals surface area contributed by atoms with Crippen molar-refractivity contribution < 1.29 is 9.32 Å². The first-order valence-electron chi connectivity index (χ1n) is 10.9. The molecule has 1 atom stereocenters.